The van der Waals surface area contributed by atoms with Crippen molar-refractivity contribution in [3.63, 3.8) is 0 Å². The van der Waals surface area contributed by atoms with Gasteiger partial charge in [0.2, 0.25) is 0 Å². The van der Waals surface area contributed by atoms with Crippen LogP contribution in [0.2, 0.25) is 0 Å². The molecule has 2 aromatic carbocycles. The van der Waals surface area contributed by atoms with Crippen LogP contribution in [0.15, 0.2) is 48.2 Å². The minimum atomic E-state index is -0.368. The van der Waals surface area contributed by atoms with Crippen LogP contribution in [0.1, 0.15) is 19.2 Å². The Labute approximate surface area is 162 Å². The van der Waals surface area contributed by atoms with Gasteiger partial charge in [0.25, 0.3) is 0 Å². The van der Waals surface area contributed by atoms with Gasteiger partial charge in [-0.15, -0.1) is 0 Å². The molecule has 1 aliphatic heterocycles. The Morgan fingerprint density at radius 3 is 2.43 bits per heavy atom. The van der Waals surface area contributed by atoms with E-state index in [0.29, 0.717) is 35.0 Å². The van der Waals surface area contributed by atoms with Crippen LogP contribution < -0.4 is 14.4 Å². The van der Waals surface area contributed by atoms with Crippen molar-refractivity contribution < 1.29 is 14.6 Å². The number of ether oxygens (including phenoxy) is 2. The first-order chi connectivity index (χ1) is 13.6. The summed E-state index contributed by atoms with van der Waals surface area (Å²) >= 11 is 0. The predicted octanol–water partition coefficient (Wildman–Crippen LogP) is 4.13. The summed E-state index contributed by atoms with van der Waals surface area (Å²) in [6.45, 7) is 1.97. The number of hydrogen-bond acceptors (Lipinski definition) is 5. The Kier molecular flexibility index (Phi) is 4.43. The summed E-state index contributed by atoms with van der Waals surface area (Å²) in [6.07, 6.45) is 0.622. The maximum Gasteiger partial charge on any atom is 0.145 e. The highest BCUT2D eigenvalue weighted by molar-refractivity contribution is 6.31. The second kappa shape index (κ2) is 6.92. The number of fused-ring (bicyclic) bond motifs is 1. The summed E-state index contributed by atoms with van der Waals surface area (Å²) in [5.74, 6) is 2.04. The minimum absolute atomic E-state index is 0.133. The average molecular weight is 378 g/mol. The third-order valence-corrected chi connectivity index (χ3v) is 4.99. The van der Waals surface area contributed by atoms with Gasteiger partial charge < -0.3 is 24.5 Å². The highest BCUT2D eigenvalue weighted by atomic mass is 16.5. The van der Waals surface area contributed by atoms with Crippen LogP contribution >= 0.6 is 0 Å². The van der Waals surface area contributed by atoms with Crippen LogP contribution in [0.4, 0.5) is 5.69 Å². The molecule has 0 unspecified atom stereocenters. The molecule has 0 saturated heterocycles. The molecule has 4 rings (SSSR count). The van der Waals surface area contributed by atoms with Gasteiger partial charge in [-0.05, 0) is 18.6 Å². The zero-order chi connectivity index (χ0) is 19.8. The number of hydrogen-bond donors (Lipinski definition) is 3. The summed E-state index contributed by atoms with van der Waals surface area (Å²) in [5, 5.41) is 19.8. The highest BCUT2D eigenvalue weighted by Crippen LogP contribution is 2.39. The minimum Gasteiger partial charge on any atom is -0.509 e. The fourth-order valence-electron chi connectivity index (χ4n) is 3.61. The number of amidine groups is 1. The first kappa shape index (κ1) is 17.9. The van der Waals surface area contributed by atoms with Crippen molar-refractivity contribution in [3.8, 4) is 11.5 Å². The lowest BCUT2D eigenvalue weighted by molar-refractivity contribution is 0.372. The number of aliphatic hydroxyl groups is 1. The number of anilines is 1. The molecule has 0 aliphatic carbocycles. The highest BCUT2D eigenvalue weighted by Gasteiger charge is 2.39. The van der Waals surface area contributed by atoms with Gasteiger partial charge in [0, 0.05) is 18.2 Å². The monoisotopic (exact) mass is 378 g/mol. The van der Waals surface area contributed by atoms with Crippen molar-refractivity contribution in [2.24, 2.45) is 0 Å². The SMILES string of the molecule is CC[C@H]1C(O)=C(c2nc3ccccc3[nH]2)C(=N)N1c1cc(OC)cc(OC)c1. The molecule has 144 valence electrons. The molecule has 28 heavy (non-hydrogen) atoms. The largest absolute Gasteiger partial charge is 0.509 e. The fraction of sp³-hybridized carbons (Fsp3) is 0.238. The van der Waals surface area contributed by atoms with Gasteiger partial charge >= 0.3 is 0 Å². The topological polar surface area (TPSA) is 94.5 Å². The molecule has 1 aromatic heterocycles. The van der Waals surface area contributed by atoms with E-state index in [0.717, 1.165) is 11.0 Å². The van der Waals surface area contributed by atoms with Crippen LogP contribution in [-0.4, -0.2) is 41.2 Å². The lowest BCUT2D eigenvalue weighted by atomic mass is 10.1. The van der Waals surface area contributed by atoms with E-state index in [1.807, 2.05) is 43.3 Å². The van der Waals surface area contributed by atoms with Gasteiger partial charge in [-0.1, -0.05) is 19.1 Å². The van der Waals surface area contributed by atoms with Gasteiger partial charge in [0.1, 0.15) is 28.9 Å². The van der Waals surface area contributed by atoms with Gasteiger partial charge in [-0.2, -0.15) is 0 Å². The van der Waals surface area contributed by atoms with Crippen molar-refractivity contribution >= 4 is 28.1 Å². The van der Waals surface area contributed by atoms with Crippen molar-refractivity contribution in [2.75, 3.05) is 19.1 Å². The Morgan fingerprint density at radius 1 is 1.14 bits per heavy atom. The molecule has 0 saturated carbocycles. The van der Waals surface area contributed by atoms with E-state index in [2.05, 4.69) is 9.97 Å². The van der Waals surface area contributed by atoms with Crippen LogP contribution in [0, 0.1) is 5.41 Å². The zero-order valence-corrected chi connectivity index (χ0v) is 16.0. The molecule has 0 radical (unpaired) electrons. The van der Waals surface area contributed by atoms with E-state index >= 15 is 0 Å². The zero-order valence-electron chi connectivity index (χ0n) is 16.0. The number of para-hydroxylation sites is 2. The summed E-state index contributed by atoms with van der Waals surface area (Å²) in [6, 6.07) is 12.7. The van der Waals surface area contributed by atoms with Gasteiger partial charge in [0.15, 0.2) is 0 Å². The molecule has 3 N–H and O–H groups in total. The molecule has 2 heterocycles. The van der Waals surface area contributed by atoms with Gasteiger partial charge in [-0.25, -0.2) is 4.98 Å². The van der Waals surface area contributed by atoms with E-state index in [1.54, 1.807) is 25.2 Å². The summed E-state index contributed by atoms with van der Waals surface area (Å²) in [4.78, 5) is 9.56. The van der Waals surface area contributed by atoms with E-state index in [-0.39, 0.29) is 17.6 Å². The van der Waals surface area contributed by atoms with Crippen LogP contribution in [0.25, 0.3) is 16.6 Å². The Bertz CT molecular complexity index is 1030. The smallest absolute Gasteiger partial charge is 0.145 e. The number of aliphatic hydroxyl groups excluding tert-OH is 1. The van der Waals surface area contributed by atoms with Crippen molar-refractivity contribution in [3.05, 3.63) is 54.0 Å². The van der Waals surface area contributed by atoms with Crippen molar-refractivity contribution in [1.29, 1.82) is 5.41 Å². The first-order valence-corrected chi connectivity index (χ1v) is 9.06. The third-order valence-electron chi connectivity index (χ3n) is 4.99. The number of rotatable bonds is 5. The van der Waals surface area contributed by atoms with Crippen molar-refractivity contribution in [1.82, 2.24) is 9.97 Å². The number of benzene rings is 2. The summed E-state index contributed by atoms with van der Waals surface area (Å²) in [7, 11) is 3.17. The molecule has 0 fully saturated rings. The lowest BCUT2D eigenvalue weighted by Crippen LogP contribution is -2.35. The van der Waals surface area contributed by atoms with Crippen LogP contribution in [0.5, 0.6) is 11.5 Å². The van der Waals surface area contributed by atoms with Gasteiger partial charge in [0.05, 0.1) is 42.6 Å². The summed E-state index contributed by atoms with van der Waals surface area (Å²) < 4.78 is 10.7. The Balaban J connectivity index is 1.81. The molecule has 1 atom stereocenters. The number of imidazole rings is 1. The second-order valence-corrected chi connectivity index (χ2v) is 6.58. The molecule has 0 amide bonds. The molecule has 7 nitrogen and oxygen atoms in total. The van der Waals surface area contributed by atoms with E-state index in [9.17, 15) is 5.11 Å². The maximum absolute atomic E-state index is 11.0. The standard InChI is InChI=1S/C21H22N4O3/c1-4-17-19(26)18(21-23-15-7-5-6-8-16(15)24-21)20(22)25(17)12-9-13(27-2)11-14(10-12)28-3/h5-11,17,22,26H,4H2,1-3H3,(H,23,24)/t17-/m0/s1. The number of aromatic nitrogens is 2. The Morgan fingerprint density at radius 2 is 1.82 bits per heavy atom. The molecule has 0 spiro atoms. The number of H-pyrrole nitrogens is 1. The molecule has 3 aromatic rings. The number of aromatic amines is 1. The molecule has 7 heteroatoms. The van der Waals surface area contributed by atoms with E-state index in [1.165, 1.54) is 0 Å². The van der Waals surface area contributed by atoms with Crippen molar-refractivity contribution in [2.45, 2.75) is 19.4 Å². The molecule has 1 aliphatic rings. The third kappa shape index (κ3) is 2.76. The number of methoxy groups -OCH3 is 2. The molecular weight excluding hydrogens is 356 g/mol. The molecule has 0 bridgehead atoms. The Hall–Kier alpha value is -3.48. The maximum atomic E-state index is 11.0. The van der Waals surface area contributed by atoms with Crippen LogP contribution in [0.3, 0.4) is 0 Å². The van der Waals surface area contributed by atoms with E-state index < -0.39 is 0 Å². The molecular formula is C21H22N4O3. The lowest BCUT2D eigenvalue weighted by Gasteiger charge is -2.27. The van der Waals surface area contributed by atoms with E-state index in [4.69, 9.17) is 14.9 Å². The van der Waals surface area contributed by atoms with Gasteiger partial charge in [-0.3, -0.25) is 5.41 Å². The average Bonchev–Trinajstić information content (AvgIpc) is 3.24. The summed E-state index contributed by atoms with van der Waals surface area (Å²) in [5.41, 5.74) is 2.77. The van der Waals surface area contributed by atoms with Crippen LogP contribution in [-0.2, 0) is 0 Å². The first-order valence-electron chi connectivity index (χ1n) is 9.06. The normalized spacial score (nSPS) is 16.9. The predicted molar refractivity (Wildman–Crippen MR) is 109 cm³/mol. The number of nitrogens with zero attached hydrogens (tertiary/aromatic N) is 2. The fourth-order valence-corrected chi connectivity index (χ4v) is 3.61. The quantitative estimate of drug-likeness (QED) is 0.621. The second-order valence-electron chi connectivity index (χ2n) is 6.58. The number of nitrogens with one attached hydrogen (secondary N) is 2.